The number of rotatable bonds is 6. The lowest BCUT2D eigenvalue weighted by Crippen LogP contribution is -2.38. The Bertz CT molecular complexity index is 319. The topological polar surface area (TPSA) is 0 Å². The van der Waals surface area contributed by atoms with Gasteiger partial charge in [-0.25, -0.2) is 0 Å². The van der Waals surface area contributed by atoms with Crippen LogP contribution in [0.3, 0.4) is 0 Å². The van der Waals surface area contributed by atoms with E-state index in [1.54, 1.807) is 0 Å². The minimum absolute atomic E-state index is 0.616. The van der Waals surface area contributed by atoms with Crippen LogP contribution in [0.4, 0.5) is 0 Å². The highest BCUT2D eigenvalue weighted by Gasteiger charge is 2.42. The Kier molecular flexibility index (Phi) is 6.38. The number of unbranched alkanes of at least 4 members (excludes halogenated alkanes) is 2. The fraction of sp³-hybridized carbons (Fsp3) is 0.905. The first-order valence-corrected chi connectivity index (χ1v) is 9.72. The molecule has 0 amide bonds. The molecule has 0 nitrogen and oxygen atoms in total. The first kappa shape index (κ1) is 17.1. The van der Waals surface area contributed by atoms with E-state index in [0.29, 0.717) is 5.41 Å². The van der Waals surface area contributed by atoms with Crippen molar-refractivity contribution in [1.29, 1.82) is 0 Å². The van der Waals surface area contributed by atoms with Crippen LogP contribution in [0.15, 0.2) is 12.2 Å². The molecule has 0 bridgehead atoms. The molecule has 2 rings (SSSR count). The van der Waals surface area contributed by atoms with Crippen molar-refractivity contribution in [1.82, 2.24) is 0 Å². The lowest BCUT2D eigenvalue weighted by atomic mass is 9.57. The lowest BCUT2D eigenvalue weighted by molar-refractivity contribution is 0.0376. The van der Waals surface area contributed by atoms with Gasteiger partial charge in [-0.2, -0.15) is 0 Å². The average molecular weight is 291 g/mol. The molecule has 0 aromatic carbocycles. The van der Waals surface area contributed by atoms with Crippen LogP contribution in [0.5, 0.6) is 0 Å². The summed E-state index contributed by atoms with van der Waals surface area (Å²) in [5.74, 6) is 2.79. The predicted molar refractivity (Wildman–Crippen MR) is 94.5 cm³/mol. The minimum Gasteiger partial charge on any atom is -0.0999 e. The molecule has 0 heterocycles. The lowest BCUT2D eigenvalue weighted by Gasteiger charge is -2.48. The van der Waals surface area contributed by atoms with E-state index in [9.17, 15) is 0 Å². The van der Waals surface area contributed by atoms with Crippen LogP contribution in [0.1, 0.15) is 97.8 Å². The highest BCUT2D eigenvalue weighted by Crippen LogP contribution is 2.53. The van der Waals surface area contributed by atoms with E-state index in [0.717, 1.165) is 17.8 Å². The van der Waals surface area contributed by atoms with Gasteiger partial charge in [0.2, 0.25) is 0 Å². The molecule has 2 saturated carbocycles. The van der Waals surface area contributed by atoms with Gasteiger partial charge in [-0.3, -0.25) is 0 Å². The maximum atomic E-state index is 4.32. The zero-order chi connectivity index (χ0) is 15.3. The standard InChI is InChI=1S/C21H38/c1-5-6-7-10-18-13-15-21(4,16-14-18)20-12-9-8-11-19(20)17(2)3/h18-20H,2,5-16H2,1,3-4H3. The largest absolute Gasteiger partial charge is 0.0999 e. The molecular weight excluding hydrogens is 252 g/mol. The molecule has 0 aromatic rings. The molecule has 2 unspecified atom stereocenters. The van der Waals surface area contributed by atoms with E-state index in [1.807, 2.05) is 0 Å². The summed E-state index contributed by atoms with van der Waals surface area (Å²) >= 11 is 0. The van der Waals surface area contributed by atoms with E-state index >= 15 is 0 Å². The van der Waals surface area contributed by atoms with Crippen LogP contribution >= 0.6 is 0 Å². The van der Waals surface area contributed by atoms with Gasteiger partial charge < -0.3 is 0 Å². The van der Waals surface area contributed by atoms with Crippen LogP contribution < -0.4 is 0 Å². The van der Waals surface area contributed by atoms with Crippen molar-refractivity contribution in [3.8, 4) is 0 Å². The zero-order valence-electron chi connectivity index (χ0n) is 14.9. The zero-order valence-corrected chi connectivity index (χ0v) is 14.9. The second-order valence-electron chi connectivity index (χ2n) is 8.44. The Morgan fingerprint density at radius 2 is 1.71 bits per heavy atom. The molecule has 2 aliphatic rings. The molecule has 0 N–H and O–H groups in total. The molecule has 2 fully saturated rings. The Labute approximate surface area is 133 Å². The van der Waals surface area contributed by atoms with Crippen molar-refractivity contribution in [2.24, 2.45) is 23.2 Å². The Balaban J connectivity index is 1.89. The Morgan fingerprint density at radius 1 is 1.05 bits per heavy atom. The van der Waals surface area contributed by atoms with E-state index in [1.165, 1.54) is 82.6 Å². The van der Waals surface area contributed by atoms with Gasteiger partial charge in [0, 0.05) is 0 Å². The van der Waals surface area contributed by atoms with Gasteiger partial charge in [0.15, 0.2) is 0 Å². The van der Waals surface area contributed by atoms with E-state index in [4.69, 9.17) is 0 Å². The molecule has 0 spiro atoms. The third-order valence-corrected chi connectivity index (χ3v) is 6.76. The van der Waals surface area contributed by atoms with Gasteiger partial charge in [0.05, 0.1) is 0 Å². The SMILES string of the molecule is C=C(C)C1CCCCC1C1(C)CCC(CCCCC)CC1. The van der Waals surface area contributed by atoms with Gasteiger partial charge in [-0.05, 0) is 68.6 Å². The second-order valence-corrected chi connectivity index (χ2v) is 8.44. The quantitative estimate of drug-likeness (QED) is 0.360. The summed E-state index contributed by atoms with van der Waals surface area (Å²) in [6.45, 7) is 11.5. The van der Waals surface area contributed by atoms with Gasteiger partial charge in [0.25, 0.3) is 0 Å². The Morgan fingerprint density at radius 3 is 2.33 bits per heavy atom. The maximum absolute atomic E-state index is 4.32. The third kappa shape index (κ3) is 4.36. The van der Waals surface area contributed by atoms with Crippen LogP contribution in [0.2, 0.25) is 0 Å². The van der Waals surface area contributed by atoms with Gasteiger partial charge in [-0.15, -0.1) is 0 Å². The molecule has 0 aromatic heterocycles. The highest BCUT2D eigenvalue weighted by molar-refractivity contribution is 5.05. The number of allylic oxidation sites excluding steroid dienone is 1. The normalized spacial score (nSPS) is 37.4. The fourth-order valence-electron chi connectivity index (χ4n) is 5.23. The molecule has 0 radical (unpaired) electrons. The predicted octanol–water partition coefficient (Wildman–Crippen LogP) is 7.15. The summed E-state index contributed by atoms with van der Waals surface area (Å²) in [7, 11) is 0. The molecular formula is C21H38. The van der Waals surface area contributed by atoms with E-state index in [2.05, 4.69) is 27.4 Å². The molecule has 0 heteroatoms. The summed E-state index contributed by atoms with van der Waals surface area (Å²) < 4.78 is 0. The molecule has 122 valence electrons. The number of hydrogen-bond donors (Lipinski definition) is 0. The molecule has 0 aliphatic heterocycles. The third-order valence-electron chi connectivity index (χ3n) is 6.76. The first-order valence-electron chi connectivity index (χ1n) is 9.72. The summed E-state index contributed by atoms with van der Waals surface area (Å²) in [5, 5.41) is 0. The van der Waals surface area contributed by atoms with Crippen LogP contribution in [0.25, 0.3) is 0 Å². The summed E-state index contributed by atoms with van der Waals surface area (Å²) in [6, 6.07) is 0. The van der Waals surface area contributed by atoms with Crippen molar-refractivity contribution in [2.75, 3.05) is 0 Å². The van der Waals surface area contributed by atoms with E-state index in [-0.39, 0.29) is 0 Å². The van der Waals surface area contributed by atoms with Crippen molar-refractivity contribution in [2.45, 2.75) is 97.8 Å². The summed E-state index contributed by atoms with van der Waals surface area (Å²) in [5.41, 5.74) is 2.08. The van der Waals surface area contributed by atoms with Crippen molar-refractivity contribution in [3.05, 3.63) is 12.2 Å². The van der Waals surface area contributed by atoms with Gasteiger partial charge >= 0.3 is 0 Å². The summed E-state index contributed by atoms with van der Waals surface area (Å²) in [6.07, 6.45) is 17.5. The molecule has 2 atom stereocenters. The van der Waals surface area contributed by atoms with Crippen molar-refractivity contribution >= 4 is 0 Å². The summed E-state index contributed by atoms with van der Waals surface area (Å²) in [4.78, 5) is 0. The minimum atomic E-state index is 0.616. The average Bonchev–Trinajstić information content (AvgIpc) is 2.50. The van der Waals surface area contributed by atoms with Crippen LogP contribution in [0, 0.1) is 23.2 Å². The van der Waals surface area contributed by atoms with Crippen molar-refractivity contribution < 1.29 is 0 Å². The maximum Gasteiger partial charge on any atom is -0.0175 e. The van der Waals surface area contributed by atoms with E-state index < -0.39 is 0 Å². The smallest absolute Gasteiger partial charge is 0.0175 e. The van der Waals surface area contributed by atoms with Crippen LogP contribution in [-0.2, 0) is 0 Å². The first-order chi connectivity index (χ1) is 10.1. The monoisotopic (exact) mass is 290 g/mol. The van der Waals surface area contributed by atoms with Gasteiger partial charge in [0.1, 0.15) is 0 Å². The van der Waals surface area contributed by atoms with Crippen LogP contribution in [-0.4, -0.2) is 0 Å². The second kappa shape index (κ2) is 7.84. The molecule has 2 aliphatic carbocycles. The Hall–Kier alpha value is -0.260. The number of hydrogen-bond acceptors (Lipinski definition) is 0. The fourth-order valence-corrected chi connectivity index (χ4v) is 5.23. The van der Waals surface area contributed by atoms with Gasteiger partial charge in [-0.1, -0.05) is 64.5 Å². The molecule has 0 saturated heterocycles. The van der Waals surface area contributed by atoms with Crippen molar-refractivity contribution in [3.63, 3.8) is 0 Å². The highest BCUT2D eigenvalue weighted by atomic mass is 14.5. The molecule has 21 heavy (non-hydrogen) atoms.